The molecule has 1 aromatic carbocycles. The van der Waals surface area contributed by atoms with Gasteiger partial charge >= 0.3 is 0 Å². The molecule has 2 rings (SSSR count). The highest BCUT2D eigenvalue weighted by atomic mass is 16.5. The lowest BCUT2D eigenvalue weighted by Gasteiger charge is -2.20. The van der Waals surface area contributed by atoms with Crippen LogP contribution in [0.4, 0.5) is 0 Å². The van der Waals surface area contributed by atoms with Crippen molar-refractivity contribution in [2.24, 2.45) is 11.7 Å². The number of methoxy groups -OCH3 is 1. The number of nitrogens with zero attached hydrogens (tertiary/aromatic N) is 1. The van der Waals surface area contributed by atoms with Crippen molar-refractivity contribution in [2.45, 2.75) is 32.9 Å². The number of hydrogen-bond donors (Lipinski definition) is 1. The maximum absolute atomic E-state index is 6.01. The fourth-order valence-corrected chi connectivity index (χ4v) is 2.97. The second kappa shape index (κ2) is 7.78. The van der Waals surface area contributed by atoms with Crippen LogP contribution < -0.4 is 10.5 Å². The van der Waals surface area contributed by atoms with Crippen LogP contribution in [0.15, 0.2) is 18.2 Å². The van der Waals surface area contributed by atoms with Crippen molar-refractivity contribution >= 4 is 0 Å². The van der Waals surface area contributed by atoms with Gasteiger partial charge in [0.1, 0.15) is 5.75 Å². The first-order valence-electron chi connectivity index (χ1n) is 7.86. The second-order valence-corrected chi connectivity index (χ2v) is 5.93. The van der Waals surface area contributed by atoms with Crippen molar-refractivity contribution in [1.82, 2.24) is 4.90 Å². The molecule has 21 heavy (non-hydrogen) atoms. The third kappa shape index (κ3) is 4.43. The monoisotopic (exact) mass is 292 g/mol. The van der Waals surface area contributed by atoms with E-state index in [4.69, 9.17) is 15.2 Å². The van der Waals surface area contributed by atoms with E-state index in [0.717, 1.165) is 32.0 Å². The van der Waals surface area contributed by atoms with Crippen LogP contribution in [0.5, 0.6) is 5.75 Å². The maximum atomic E-state index is 6.01. The maximum Gasteiger partial charge on any atom is 0.123 e. The van der Waals surface area contributed by atoms with E-state index in [0.29, 0.717) is 12.5 Å². The molecule has 118 valence electrons. The fraction of sp³-hybridized carbons (Fsp3) is 0.647. The Balaban J connectivity index is 2.08. The van der Waals surface area contributed by atoms with Gasteiger partial charge in [-0.05, 0) is 50.4 Å². The molecule has 1 saturated heterocycles. The minimum atomic E-state index is 0.0549. The quantitative estimate of drug-likeness (QED) is 0.839. The highest BCUT2D eigenvalue weighted by molar-refractivity contribution is 5.38. The van der Waals surface area contributed by atoms with Gasteiger partial charge in [0.15, 0.2) is 0 Å². The molecule has 2 unspecified atom stereocenters. The van der Waals surface area contributed by atoms with Gasteiger partial charge in [0.25, 0.3) is 0 Å². The van der Waals surface area contributed by atoms with Crippen molar-refractivity contribution < 1.29 is 9.47 Å². The molecular formula is C17H28N2O2. The first-order chi connectivity index (χ1) is 10.1. The Morgan fingerprint density at radius 1 is 1.43 bits per heavy atom. The molecule has 1 heterocycles. The number of nitrogens with two attached hydrogens (primary N) is 1. The molecule has 1 aliphatic rings. The van der Waals surface area contributed by atoms with Crippen LogP contribution in [-0.4, -0.2) is 38.3 Å². The molecule has 1 fully saturated rings. The standard InChI is InChI=1S/C17H28N2O2/c1-4-21-17-6-5-15(13(2)18)9-16(17)11-19-8-7-14(10-19)12-20-3/h5-6,9,13-14H,4,7-8,10-12,18H2,1-3H3. The molecule has 0 aromatic heterocycles. The topological polar surface area (TPSA) is 47.7 Å². The Morgan fingerprint density at radius 2 is 2.24 bits per heavy atom. The number of likely N-dealkylation sites (tertiary alicyclic amines) is 1. The van der Waals surface area contributed by atoms with Gasteiger partial charge in [0.2, 0.25) is 0 Å². The molecule has 4 nitrogen and oxygen atoms in total. The lowest BCUT2D eigenvalue weighted by Crippen LogP contribution is -2.22. The zero-order valence-electron chi connectivity index (χ0n) is 13.5. The number of benzene rings is 1. The van der Waals surface area contributed by atoms with E-state index in [1.54, 1.807) is 7.11 Å². The van der Waals surface area contributed by atoms with Crippen LogP contribution in [0, 0.1) is 5.92 Å². The van der Waals surface area contributed by atoms with Gasteiger partial charge in [-0.1, -0.05) is 6.07 Å². The summed E-state index contributed by atoms with van der Waals surface area (Å²) >= 11 is 0. The van der Waals surface area contributed by atoms with E-state index in [1.165, 1.54) is 17.5 Å². The summed E-state index contributed by atoms with van der Waals surface area (Å²) < 4.78 is 11.0. The van der Waals surface area contributed by atoms with Crippen LogP contribution in [-0.2, 0) is 11.3 Å². The van der Waals surface area contributed by atoms with E-state index < -0.39 is 0 Å². The van der Waals surface area contributed by atoms with Gasteiger partial charge in [-0.25, -0.2) is 0 Å². The summed E-state index contributed by atoms with van der Waals surface area (Å²) in [5.41, 5.74) is 8.41. The van der Waals surface area contributed by atoms with Crippen LogP contribution in [0.2, 0.25) is 0 Å². The van der Waals surface area contributed by atoms with Crippen molar-refractivity contribution in [3.05, 3.63) is 29.3 Å². The van der Waals surface area contributed by atoms with Crippen molar-refractivity contribution in [3.8, 4) is 5.75 Å². The van der Waals surface area contributed by atoms with Gasteiger partial charge in [0, 0.05) is 31.8 Å². The fourth-order valence-electron chi connectivity index (χ4n) is 2.97. The van der Waals surface area contributed by atoms with Crippen LogP contribution in [0.3, 0.4) is 0 Å². The summed E-state index contributed by atoms with van der Waals surface area (Å²) in [5.74, 6) is 1.64. The largest absolute Gasteiger partial charge is 0.494 e. The first kappa shape index (κ1) is 16.3. The summed E-state index contributed by atoms with van der Waals surface area (Å²) in [7, 11) is 1.78. The van der Waals surface area contributed by atoms with Gasteiger partial charge in [0.05, 0.1) is 13.2 Å². The molecule has 0 radical (unpaired) electrons. The number of hydrogen-bond acceptors (Lipinski definition) is 4. The normalized spacial score (nSPS) is 20.7. The van der Waals surface area contributed by atoms with Gasteiger partial charge in [-0.2, -0.15) is 0 Å². The average molecular weight is 292 g/mol. The predicted molar refractivity (Wildman–Crippen MR) is 85.5 cm³/mol. The molecule has 0 saturated carbocycles. The molecular weight excluding hydrogens is 264 g/mol. The number of rotatable bonds is 7. The lowest BCUT2D eigenvalue weighted by atomic mass is 10.0. The Labute approximate surface area is 128 Å². The highest BCUT2D eigenvalue weighted by Gasteiger charge is 2.23. The van der Waals surface area contributed by atoms with Gasteiger partial charge < -0.3 is 15.2 Å². The van der Waals surface area contributed by atoms with Crippen LogP contribution in [0.1, 0.15) is 37.4 Å². The number of ether oxygens (including phenoxy) is 2. The molecule has 2 atom stereocenters. The van der Waals surface area contributed by atoms with E-state index in [9.17, 15) is 0 Å². The van der Waals surface area contributed by atoms with E-state index in [-0.39, 0.29) is 6.04 Å². The Bertz CT molecular complexity index is 448. The Morgan fingerprint density at radius 3 is 2.90 bits per heavy atom. The Hall–Kier alpha value is -1.10. The molecule has 1 aliphatic heterocycles. The summed E-state index contributed by atoms with van der Waals surface area (Å²) in [5, 5.41) is 0. The highest BCUT2D eigenvalue weighted by Crippen LogP contribution is 2.27. The molecule has 4 heteroatoms. The Kier molecular flexibility index (Phi) is 6.03. The molecule has 0 spiro atoms. The SMILES string of the molecule is CCOc1ccc(C(C)N)cc1CN1CCC(COC)C1. The summed E-state index contributed by atoms with van der Waals surface area (Å²) in [4.78, 5) is 2.48. The predicted octanol–water partition coefficient (Wildman–Crippen LogP) is 2.57. The van der Waals surface area contributed by atoms with Gasteiger partial charge in [-0.3, -0.25) is 4.90 Å². The molecule has 0 aliphatic carbocycles. The minimum absolute atomic E-state index is 0.0549. The minimum Gasteiger partial charge on any atom is -0.494 e. The molecule has 0 bridgehead atoms. The smallest absolute Gasteiger partial charge is 0.123 e. The first-order valence-corrected chi connectivity index (χ1v) is 7.86. The molecule has 2 N–H and O–H groups in total. The van der Waals surface area contributed by atoms with Gasteiger partial charge in [-0.15, -0.1) is 0 Å². The van der Waals surface area contributed by atoms with E-state index in [2.05, 4.69) is 23.1 Å². The third-order valence-electron chi connectivity index (χ3n) is 4.08. The third-order valence-corrected chi connectivity index (χ3v) is 4.08. The van der Waals surface area contributed by atoms with Crippen molar-refractivity contribution in [3.63, 3.8) is 0 Å². The average Bonchev–Trinajstić information content (AvgIpc) is 2.88. The van der Waals surface area contributed by atoms with Crippen molar-refractivity contribution in [1.29, 1.82) is 0 Å². The second-order valence-electron chi connectivity index (χ2n) is 5.93. The van der Waals surface area contributed by atoms with E-state index in [1.807, 2.05) is 13.8 Å². The molecule has 0 amide bonds. The van der Waals surface area contributed by atoms with Crippen LogP contribution in [0.25, 0.3) is 0 Å². The summed E-state index contributed by atoms with van der Waals surface area (Å²) in [6.45, 7) is 8.74. The van der Waals surface area contributed by atoms with Crippen molar-refractivity contribution in [2.75, 3.05) is 33.4 Å². The van der Waals surface area contributed by atoms with E-state index >= 15 is 0 Å². The summed E-state index contributed by atoms with van der Waals surface area (Å²) in [6, 6.07) is 6.37. The lowest BCUT2D eigenvalue weighted by molar-refractivity contribution is 0.152. The van der Waals surface area contributed by atoms with Crippen LogP contribution >= 0.6 is 0 Å². The zero-order valence-corrected chi connectivity index (χ0v) is 13.5. The molecule has 1 aromatic rings. The summed E-state index contributed by atoms with van der Waals surface area (Å²) in [6.07, 6.45) is 1.21. The zero-order chi connectivity index (χ0) is 15.2.